The summed E-state index contributed by atoms with van der Waals surface area (Å²) in [7, 11) is 0. The number of nitrogens with one attached hydrogen (secondary N) is 1. The van der Waals surface area contributed by atoms with Crippen molar-refractivity contribution in [3.8, 4) is 5.75 Å². The van der Waals surface area contributed by atoms with E-state index < -0.39 is 23.3 Å². The van der Waals surface area contributed by atoms with Gasteiger partial charge in [0, 0.05) is 24.7 Å². The Balaban J connectivity index is 1.62. The molecule has 0 bridgehead atoms. The fourth-order valence-corrected chi connectivity index (χ4v) is 3.47. The fourth-order valence-electron chi connectivity index (χ4n) is 3.47. The Morgan fingerprint density at radius 1 is 1.12 bits per heavy atom. The zero-order valence-electron chi connectivity index (χ0n) is 17.4. The van der Waals surface area contributed by atoms with Crippen LogP contribution in [0.5, 0.6) is 5.75 Å². The largest absolute Gasteiger partial charge is 0.476 e. The van der Waals surface area contributed by atoms with Crippen LogP contribution in [-0.4, -0.2) is 60.5 Å². The monoisotopic (exact) mass is 452 g/mol. The molecule has 0 aromatic heterocycles. The van der Waals surface area contributed by atoms with Gasteiger partial charge < -0.3 is 14.4 Å². The van der Waals surface area contributed by atoms with Gasteiger partial charge in [0.2, 0.25) is 5.75 Å². The second-order valence-electron chi connectivity index (χ2n) is 7.21. The van der Waals surface area contributed by atoms with Crippen LogP contribution in [-0.2, 0) is 19.1 Å². The number of carbonyl (C=O) groups excluding carboxylic acids is 3. The number of ether oxygens (including phenoxy) is 2. The Labute approximate surface area is 188 Å². The van der Waals surface area contributed by atoms with Gasteiger partial charge in [-0.25, -0.2) is 5.01 Å². The molecule has 0 aliphatic carbocycles. The van der Waals surface area contributed by atoms with Gasteiger partial charge in [0.1, 0.15) is 5.57 Å². The first-order valence-electron chi connectivity index (χ1n) is 10.1. The van der Waals surface area contributed by atoms with E-state index in [0.29, 0.717) is 32.0 Å². The first kappa shape index (κ1) is 22.0. The second-order valence-corrected chi connectivity index (χ2v) is 7.21. The molecule has 1 N–H and O–H groups in total. The molecule has 2 aliphatic rings. The predicted molar refractivity (Wildman–Crippen MR) is 116 cm³/mol. The standard InChI is InChI=1S/C22H20N4O7/c27-19(24-9-11-32-12-10-24)14-33-20-15(5-4-8-18(20)26(30)31)13-17-21(28)23-25(22(17)29)16-6-2-1-3-7-16/h1-8,13H,9-12,14H2,(H,23,28). The van der Waals surface area contributed by atoms with Crippen LogP contribution in [0.1, 0.15) is 5.56 Å². The number of morpholine rings is 1. The highest BCUT2D eigenvalue weighted by atomic mass is 16.6. The molecule has 2 heterocycles. The van der Waals surface area contributed by atoms with Crippen molar-refractivity contribution < 1.29 is 28.8 Å². The number of hydrazine groups is 1. The summed E-state index contributed by atoms with van der Waals surface area (Å²) in [6.45, 7) is 1.19. The van der Waals surface area contributed by atoms with Crippen LogP contribution in [0.2, 0.25) is 0 Å². The van der Waals surface area contributed by atoms with Gasteiger partial charge in [-0.3, -0.25) is 29.9 Å². The number of nitro benzene ring substituents is 1. The van der Waals surface area contributed by atoms with Gasteiger partial charge >= 0.3 is 5.69 Å². The van der Waals surface area contributed by atoms with Crippen molar-refractivity contribution in [1.82, 2.24) is 10.3 Å². The lowest BCUT2D eigenvalue weighted by molar-refractivity contribution is -0.385. The molecule has 3 amide bonds. The van der Waals surface area contributed by atoms with E-state index in [1.807, 2.05) is 0 Å². The maximum atomic E-state index is 12.9. The number of amides is 3. The van der Waals surface area contributed by atoms with Crippen LogP contribution < -0.4 is 15.2 Å². The summed E-state index contributed by atoms with van der Waals surface area (Å²) in [6.07, 6.45) is 1.22. The van der Waals surface area contributed by atoms with Crippen molar-refractivity contribution in [2.75, 3.05) is 37.9 Å². The molecule has 0 atom stereocenters. The summed E-state index contributed by atoms with van der Waals surface area (Å²) in [6, 6.07) is 12.6. The van der Waals surface area contributed by atoms with Crippen molar-refractivity contribution in [2.45, 2.75) is 0 Å². The minimum atomic E-state index is -0.661. The molecule has 0 radical (unpaired) electrons. The zero-order chi connectivity index (χ0) is 23.4. The molecule has 4 rings (SSSR count). The van der Waals surface area contributed by atoms with Crippen molar-refractivity contribution >= 4 is 35.2 Å². The van der Waals surface area contributed by atoms with Crippen LogP contribution in [0.3, 0.4) is 0 Å². The third-order valence-corrected chi connectivity index (χ3v) is 5.13. The molecule has 33 heavy (non-hydrogen) atoms. The van der Waals surface area contributed by atoms with Gasteiger partial charge in [0.25, 0.3) is 17.7 Å². The van der Waals surface area contributed by atoms with E-state index in [4.69, 9.17) is 9.47 Å². The highest BCUT2D eigenvalue weighted by molar-refractivity contribution is 6.31. The van der Waals surface area contributed by atoms with Gasteiger partial charge in [-0.15, -0.1) is 0 Å². The van der Waals surface area contributed by atoms with Gasteiger partial charge in [-0.2, -0.15) is 0 Å². The van der Waals surface area contributed by atoms with Gasteiger partial charge in [0.05, 0.1) is 23.8 Å². The highest BCUT2D eigenvalue weighted by Gasteiger charge is 2.35. The number of carbonyl (C=O) groups is 3. The normalized spacial score (nSPS) is 17.3. The number of hydrogen-bond acceptors (Lipinski definition) is 7. The lowest BCUT2D eigenvalue weighted by Gasteiger charge is -2.26. The minimum absolute atomic E-state index is 0.132. The average Bonchev–Trinajstić information content (AvgIpc) is 3.12. The van der Waals surface area contributed by atoms with E-state index in [1.54, 1.807) is 35.2 Å². The summed E-state index contributed by atoms with van der Waals surface area (Å²) in [4.78, 5) is 50.2. The van der Waals surface area contributed by atoms with Crippen LogP contribution in [0.15, 0.2) is 54.1 Å². The smallest absolute Gasteiger partial charge is 0.311 e. The van der Waals surface area contributed by atoms with E-state index in [0.717, 1.165) is 5.01 Å². The maximum absolute atomic E-state index is 12.9. The Bertz CT molecular complexity index is 1130. The van der Waals surface area contributed by atoms with Gasteiger partial charge in [-0.05, 0) is 18.2 Å². The molecule has 2 aliphatic heterocycles. The molecule has 0 unspecified atom stereocenters. The number of para-hydroxylation sites is 2. The van der Waals surface area contributed by atoms with Crippen LogP contribution >= 0.6 is 0 Å². The molecular formula is C22H20N4O7. The molecule has 170 valence electrons. The predicted octanol–water partition coefficient (Wildman–Crippen LogP) is 1.29. The molecule has 11 nitrogen and oxygen atoms in total. The fraction of sp³-hybridized carbons (Fsp3) is 0.227. The maximum Gasteiger partial charge on any atom is 0.311 e. The summed E-state index contributed by atoms with van der Waals surface area (Å²) in [5.41, 5.74) is 2.46. The molecule has 11 heteroatoms. The number of nitrogens with zero attached hydrogens (tertiary/aromatic N) is 3. The van der Waals surface area contributed by atoms with Crippen molar-refractivity contribution in [3.05, 3.63) is 69.8 Å². The SMILES string of the molecule is O=C1NN(c2ccccc2)C(=O)C1=Cc1cccc([N+](=O)[O-])c1OCC(=O)N1CCOCC1. The molecular weight excluding hydrogens is 432 g/mol. The Kier molecular flexibility index (Phi) is 6.31. The molecule has 2 saturated heterocycles. The number of hydrogen-bond donors (Lipinski definition) is 1. The molecule has 0 spiro atoms. The average molecular weight is 452 g/mol. The van der Waals surface area contributed by atoms with E-state index >= 15 is 0 Å². The quantitative estimate of drug-likeness (QED) is 0.302. The lowest BCUT2D eigenvalue weighted by atomic mass is 10.1. The van der Waals surface area contributed by atoms with Crippen molar-refractivity contribution in [2.24, 2.45) is 0 Å². The van der Waals surface area contributed by atoms with Crippen LogP contribution in [0.4, 0.5) is 11.4 Å². The number of anilines is 1. The Morgan fingerprint density at radius 3 is 2.55 bits per heavy atom. The Hall–Kier alpha value is -4.25. The van der Waals surface area contributed by atoms with E-state index in [2.05, 4.69) is 5.43 Å². The van der Waals surface area contributed by atoms with Gasteiger partial charge in [-0.1, -0.05) is 30.3 Å². The third kappa shape index (κ3) is 4.67. The molecule has 2 aromatic carbocycles. The lowest BCUT2D eigenvalue weighted by Crippen LogP contribution is -2.43. The summed E-state index contributed by atoms with van der Waals surface area (Å²) in [5.74, 6) is -1.82. The first-order valence-corrected chi connectivity index (χ1v) is 10.1. The number of nitro groups is 1. The molecule has 2 aromatic rings. The third-order valence-electron chi connectivity index (χ3n) is 5.13. The number of benzene rings is 2. The first-order chi connectivity index (χ1) is 16.0. The number of rotatable bonds is 6. The highest BCUT2D eigenvalue weighted by Crippen LogP contribution is 2.33. The Morgan fingerprint density at radius 2 is 1.85 bits per heavy atom. The molecule has 0 saturated carbocycles. The summed E-state index contributed by atoms with van der Waals surface area (Å²) >= 11 is 0. The van der Waals surface area contributed by atoms with Crippen LogP contribution in [0, 0.1) is 10.1 Å². The van der Waals surface area contributed by atoms with E-state index in [9.17, 15) is 24.5 Å². The zero-order valence-corrected chi connectivity index (χ0v) is 17.4. The van der Waals surface area contributed by atoms with E-state index in [-0.39, 0.29) is 28.5 Å². The summed E-state index contributed by atoms with van der Waals surface area (Å²) in [5, 5.41) is 12.7. The van der Waals surface area contributed by atoms with Crippen molar-refractivity contribution in [1.29, 1.82) is 0 Å². The second kappa shape index (κ2) is 9.49. The van der Waals surface area contributed by atoms with Crippen molar-refractivity contribution in [3.63, 3.8) is 0 Å². The summed E-state index contributed by atoms with van der Waals surface area (Å²) < 4.78 is 10.8. The minimum Gasteiger partial charge on any atom is -0.476 e. The molecule has 2 fully saturated rings. The van der Waals surface area contributed by atoms with E-state index in [1.165, 1.54) is 24.3 Å². The topological polar surface area (TPSA) is 131 Å². The van der Waals surface area contributed by atoms with Gasteiger partial charge in [0.15, 0.2) is 6.61 Å². The van der Waals surface area contributed by atoms with Crippen LogP contribution in [0.25, 0.3) is 6.08 Å².